The monoisotopic (exact) mass is 272 g/mol. The van der Waals surface area contributed by atoms with Gasteiger partial charge in [0.05, 0.1) is 4.47 Å². The van der Waals surface area contributed by atoms with Crippen molar-refractivity contribution < 1.29 is 9.18 Å². The first kappa shape index (κ1) is 10.4. The van der Waals surface area contributed by atoms with Gasteiger partial charge in [-0.25, -0.2) is 9.18 Å². The minimum absolute atomic E-state index is 0.125. The fraction of sp³-hybridized carbons (Fsp3) is 0.300. The fourth-order valence-corrected chi connectivity index (χ4v) is 1.90. The van der Waals surface area contributed by atoms with Gasteiger partial charge in [-0.15, -0.1) is 0 Å². The molecule has 0 aromatic heterocycles. The van der Waals surface area contributed by atoms with E-state index in [4.69, 9.17) is 0 Å². The summed E-state index contributed by atoms with van der Waals surface area (Å²) in [6.07, 6.45) is 0.904. The summed E-state index contributed by atoms with van der Waals surface area (Å²) in [6, 6.07) is 4.44. The molecule has 2 rings (SSSR count). The third kappa shape index (κ3) is 2.12. The number of hydrogen-bond acceptors (Lipinski definition) is 1. The van der Waals surface area contributed by atoms with E-state index in [0.29, 0.717) is 23.2 Å². The molecule has 0 atom stereocenters. The van der Waals surface area contributed by atoms with Gasteiger partial charge in [0.1, 0.15) is 5.82 Å². The number of carbonyl (C=O) groups excluding carboxylic acids is 1. The summed E-state index contributed by atoms with van der Waals surface area (Å²) in [5.74, 6) is -0.323. The molecular formula is C10H10BrFN2O. The number of rotatable bonds is 1. The second kappa shape index (κ2) is 4.18. The molecule has 1 heterocycles. The number of benzene rings is 1. The molecule has 0 spiro atoms. The summed E-state index contributed by atoms with van der Waals surface area (Å²) in [5.41, 5.74) is 0.709. The maximum absolute atomic E-state index is 13.0. The van der Waals surface area contributed by atoms with Crippen LogP contribution < -0.4 is 10.2 Å². The number of hydrogen-bond donors (Lipinski definition) is 1. The number of amides is 2. The third-order valence-corrected chi connectivity index (χ3v) is 2.90. The van der Waals surface area contributed by atoms with E-state index in [9.17, 15) is 9.18 Å². The second-order valence-corrected chi connectivity index (χ2v) is 4.19. The first-order chi connectivity index (χ1) is 7.18. The molecule has 0 bridgehead atoms. The van der Waals surface area contributed by atoms with Crippen LogP contribution in [0.4, 0.5) is 14.9 Å². The molecule has 0 radical (unpaired) electrons. The Morgan fingerprint density at radius 3 is 2.93 bits per heavy atom. The lowest BCUT2D eigenvalue weighted by Gasteiger charge is -2.27. The summed E-state index contributed by atoms with van der Waals surface area (Å²) in [6.45, 7) is 1.38. The Kier molecular flexibility index (Phi) is 2.90. The van der Waals surface area contributed by atoms with E-state index < -0.39 is 0 Å². The predicted molar refractivity (Wildman–Crippen MR) is 59.5 cm³/mol. The van der Waals surface area contributed by atoms with Gasteiger partial charge in [0.15, 0.2) is 0 Å². The lowest BCUT2D eigenvalue weighted by atomic mass is 10.2. The van der Waals surface area contributed by atoms with Crippen molar-refractivity contribution in [3.63, 3.8) is 0 Å². The summed E-state index contributed by atoms with van der Waals surface area (Å²) in [5, 5.41) is 2.74. The lowest BCUT2D eigenvalue weighted by Crippen LogP contribution is -2.46. The van der Waals surface area contributed by atoms with E-state index in [-0.39, 0.29) is 11.8 Å². The van der Waals surface area contributed by atoms with Crippen molar-refractivity contribution in [3.05, 3.63) is 28.5 Å². The molecule has 0 aliphatic carbocycles. The lowest BCUT2D eigenvalue weighted by molar-refractivity contribution is 0.243. The van der Waals surface area contributed by atoms with Crippen molar-refractivity contribution in [3.8, 4) is 0 Å². The molecule has 2 amide bonds. The Hall–Kier alpha value is -1.10. The topological polar surface area (TPSA) is 32.3 Å². The number of urea groups is 1. The van der Waals surface area contributed by atoms with Crippen LogP contribution in [0.5, 0.6) is 0 Å². The Bertz CT molecular complexity index is 397. The maximum atomic E-state index is 13.0. The smallest absolute Gasteiger partial charge is 0.321 e. The third-order valence-electron chi connectivity index (χ3n) is 2.29. The number of halogens is 2. The fourth-order valence-electron chi connectivity index (χ4n) is 1.53. The first-order valence-corrected chi connectivity index (χ1v) is 5.48. The van der Waals surface area contributed by atoms with Gasteiger partial charge in [-0.1, -0.05) is 0 Å². The van der Waals surface area contributed by atoms with E-state index in [1.807, 2.05) is 0 Å². The van der Waals surface area contributed by atoms with E-state index in [0.717, 1.165) is 6.42 Å². The molecule has 0 saturated carbocycles. The first-order valence-electron chi connectivity index (χ1n) is 4.69. The minimum Gasteiger partial charge on any atom is -0.338 e. The van der Waals surface area contributed by atoms with Crippen molar-refractivity contribution >= 4 is 27.6 Å². The molecule has 15 heavy (non-hydrogen) atoms. The highest BCUT2D eigenvalue weighted by Crippen LogP contribution is 2.24. The summed E-state index contributed by atoms with van der Waals surface area (Å²) in [7, 11) is 0. The van der Waals surface area contributed by atoms with Gasteiger partial charge in [0.2, 0.25) is 0 Å². The molecule has 1 fully saturated rings. The second-order valence-electron chi connectivity index (χ2n) is 3.34. The van der Waals surface area contributed by atoms with Crippen molar-refractivity contribution in [2.75, 3.05) is 18.0 Å². The van der Waals surface area contributed by atoms with Crippen LogP contribution >= 0.6 is 15.9 Å². The average Bonchev–Trinajstić information content (AvgIpc) is 2.23. The van der Waals surface area contributed by atoms with Gasteiger partial charge in [0.25, 0.3) is 0 Å². The van der Waals surface area contributed by atoms with Crippen molar-refractivity contribution in [1.82, 2.24) is 5.32 Å². The summed E-state index contributed by atoms with van der Waals surface area (Å²) in [4.78, 5) is 13.1. The zero-order chi connectivity index (χ0) is 10.8. The quantitative estimate of drug-likeness (QED) is 0.837. The maximum Gasteiger partial charge on any atom is 0.321 e. The van der Waals surface area contributed by atoms with E-state index in [2.05, 4.69) is 21.2 Å². The minimum atomic E-state index is -0.323. The highest BCUT2D eigenvalue weighted by atomic mass is 79.9. The van der Waals surface area contributed by atoms with E-state index in [1.165, 1.54) is 6.07 Å². The van der Waals surface area contributed by atoms with Crippen LogP contribution in [-0.4, -0.2) is 19.1 Å². The van der Waals surface area contributed by atoms with E-state index >= 15 is 0 Å². The van der Waals surface area contributed by atoms with Crippen LogP contribution in [0.25, 0.3) is 0 Å². The number of carbonyl (C=O) groups is 1. The molecular weight excluding hydrogens is 263 g/mol. The van der Waals surface area contributed by atoms with Gasteiger partial charge >= 0.3 is 6.03 Å². The molecule has 1 aliphatic rings. The summed E-state index contributed by atoms with van der Waals surface area (Å²) >= 11 is 3.10. The number of nitrogens with zero attached hydrogens (tertiary/aromatic N) is 1. The standard InChI is InChI=1S/C10H10BrFN2O/c11-8-6-7(2-3-9(8)12)14-5-1-4-13-10(14)15/h2-3,6H,1,4-5H2,(H,13,15). The number of nitrogens with one attached hydrogen (secondary N) is 1. The van der Waals surface area contributed by atoms with Crippen molar-refractivity contribution in [1.29, 1.82) is 0 Å². The highest BCUT2D eigenvalue weighted by Gasteiger charge is 2.19. The van der Waals surface area contributed by atoms with Gasteiger partial charge in [-0.05, 0) is 40.5 Å². The Morgan fingerprint density at radius 2 is 2.27 bits per heavy atom. The van der Waals surface area contributed by atoms with Gasteiger partial charge in [0, 0.05) is 18.8 Å². The van der Waals surface area contributed by atoms with Crippen molar-refractivity contribution in [2.24, 2.45) is 0 Å². The Balaban J connectivity index is 2.28. The van der Waals surface area contributed by atoms with Crippen LogP contribution in [0, 0.1) is 5.82 Å². The van der Waals surface area contributed by atoms with Gasteiger partial charge in [-0.3, -0.25) is 4.90 Å². The van der Waals surface area contributed by atoms with Gasteiger partial charge in [-0.2, -0.15) is 0 Å². The molecule has 1 aromatic carbocycles. The zero-order valence-electron chi connectivity index (χ0n) is 7.96. The molecule has 1 saturated heterocycles. The Morgan fingerprint density at radius 1 is 1.47 bits per heavy atom. The Labute approximate surface area is 95.4 Å². The number of anilines is 1. The largest absolute Gasteiger partial charge is 0.338 e. The van der Waals surface area contributed by atoms with E-state index in [1.54, 1.807) is 17.0 Å². The molecule has 1 aliphatic heterocycles. The van der Waals surface area contributed by atoms with Crippen LogP contribution in [-0.2, 0) is 0 Å². The van der Waals surface area contributed by atoms with Crippen molar-refractivity contribution in [2.45, 2.75) is 6.42 Å². The molecule has 0 unspecified atom stereocenters. The average molecular weight is 273 g/mol. The van der Waals surface area contributed by atoms with Crippen LogP contribution in [0.15, 0.2) is 22.7 Å². The van der Waals surface area contributed by atoms with Crippen LogP contribution in [0.1, 0.15) is 6.42 Å². The molecule has 1 N–H and O–H groups in total. The normalized spacial score (nSPS) is 16.4. The molecule has 5 heteroatoms. The molecule has 3 nitrogen and oxygen atoms in total. The SMILES string of the molecule is O=C1NCCCN1c1ccc(F)c(Br)c1. The molecule has 1 aromatic rings. The van der Waals surface area contributed by atoms with Crippen LogP contribution in [0.3, 0.4) is 0 Å². The summed E-state index contributed by atoms with van der Waals surface area (Å²) < 4.78 is 13.4. The molecule has 80 valence electrons. The highest BCUT2D eigenvalue weighted by molar-refractivity contribution is 9.10. The van der Waals surface area contributed by atoms with Crippen LogP contribution in [0.2, 0.25) is 0 Å². The predicted octanol–water partition coefficient (Wildman–Crippen LogP) is 2.51. The zero-order valence-corrected chi connectivity index (χ0v) is 9.55. The van der Waals surface area contributed by atoms with Gasteiger partial charge < -0.3 is 5.32 Å².